The van der Waals surface area contributed by atoms with Crippen LogP contribution >= 0.6 is 23.4 Å². The summed E-state index contributed by atoms with van der Waals surface area (Å²) in [6.45, 7) is 4.08. The lowest BCUT2D eigenvalue weighted by atomic mass is 10.1. The van der Waals surface area contributed by atoms with Crippen LogP contribution in [0, 0.1) is 5.82 Å². The fourth-order valence-electron chi connectivity index (χ4n) is 3.49. The number of thioether (sulfide) groups is 1. The predicted molar refractivity (Wildman–Crippen MR) is 135 cm³/mol. The van der Waals surface area contributed by atoms with E-state index in [2.05, 4.69) is 5.32 Å². The van der Waals surface area contributed by atoms with Crippen LogP contribution in [0.5, 0.6) is 0 Å². The first-order valence-corrected chi connectivity index (χ1v) is 12.1. The van der Waals surface area contributed by atoms with Crippen molar-refractivity contribution < 1.29 is 9.18 Å². The zero-order valence-corrected chi connectivity index (χ0v) is 20.3. The van der Waals surface area contributed by atoms with Crippen LogP contribution in [-0.4, -0.2) is 21.5 Å². The predicted octanol–water partition coefficient (Wildman–Crippen LogP) is 5.67. The van der Waals surface area contributed by atoms with Gasteiger partial charge >= 0.3 is 0 Å². The number of nitrogens with zero attached hydrogens (tertiary/aromatic N) is 2. The molecule has 4 aromatic rings. The van der Waals surface area contributed by atoms with Gasteiger partial charge in [-0.05, 0) is 67.4 Å². The third-order valence-electron chi connectivity index (χ3n) is 5.11. The lowest BCUT2D eigenvalue weighted by molar-refractivity contribution is 0.0943. The van der Waals surface area contributed by atoms with Crippen molar-refractivity contribution in [2.75, 3.05) is 0 Å². The molecule has 1 amide bonds. The van der Waals surface area contributed by atoms with Crippen molar-refractivity contribution in [2.45, 2.75) is 37.3 Å². The van der Waals surface area contributed by atoms with E-state index in [9.17, 15) is 14.0 Å². The summed E-state index contributed by atoms with van der Waals surface area (Å²) in [4.78, 5) is 30.3. The third kappa shape index (κ3) is 5.66. The number of carbonyl (C=O) groups is 1. The van der Waals surface area contributed by atoms with Gasteiger partial charge in [0.2, 0.25) is 0 Å². The summed E-state index contributed by atoms with van der Waals surface area (Å²) in [5.74, 6) is 0.00250. The zero-order chi connectivity index (χ0) is 24.2. The van der Waals surface area contributed by atoms with Gasteiger partial charge in [-0.15, -0.1) is 0 Å². The first-order chi connectivity index (χ1) is 16.3. The summed E-state index contributed by atoms with van der Waals surface area (Å²) in [5.41, 5.74) is 2.53. The number of hydrogen-bond acceptors (Lipinski definition) is 4. The van der Waals surface area contributed by atoms with Gasteiger partial charge in [0.1, 0.15) is 5.82 Å². The average molecular weight is 496 g/mol. The highest BCUT2D eigenvalue weighted by atomic mass is 35.5. The number of amides is 1. The molecule has 1 aromatic heterocycles. The molecule has 3 aromatic carbocycles. The van der Waals surface area contributed by atoms with Crippen LogP contribution in [0.1, 0.15) is 35.3 Å². The maximum atomic E-state index is 13.6. The molecule has 34 heavy (non-hydrogen) atoms. The Morgan fingerprint density at radius 1 is 1.09 bits per heavy atom. The minimum absolute atomic E-state index is 0.0407. The van der Waals surface area contributed by atoms with Crippen molar-refractivity contribution in [1.29, 1.82) is 0 Å². The van der Waals surface area contributed by atoms with E-state index < -0.39 is 0 Å². The van der Waals surface area contributed by atoms with Gasteiger partial charge < -0.3 is 5.32 Å². The minimum atomic E-state index is -0.307. The van der Waals surface area contributed by atoms with Crippen LogP contribution in [0.15, 0.2) is 76.7 Å². The summed E-state index contributed by atoms with van der Waals surface area (Å²) >= 11 is 7.49. The van der Waals surface area contributed by atoms with E-state index >= 15 is 0 Å². The molecule has 0 aliphatic rings. The van der Waals surface area contributed by atoms with Gasteiger partial charge in [0.15, 0.2) is 5.16 Å². The molecule has 0 bridgehead atoms. The fraction of sp³-hybridized carbons (Fsp3) is 0.192. The lowest BCUT2D eigenvalue weighted by Crippen LogP contribution is -2.30. The van der Waals surface area contributed by atoms with Crippen molar-refractivity contribution in [1.82, 2.24) is 14.9 Å². The number of hydrogen-bond donors (Lipinski definition) is 1. The molecule has 4 rings (SSSR count). The second kappa shape index (κ2) is 10.4. The van der Waals surface area contributed by atoms with Crippen LogP contribution in [0.3, 0.4) is 0 Å². The largest absolute Gasteiger partial charge is 0.350 e. The third-order valence-corrected chi connectivity index (χ3v) is 6.40. The molecular formula is C26H23ClFN3O2S. The summed E-state index contributed by atoms with van der Waals surface area (Å²) in [7, 11) is 0. The molecule has 0 fully saturated rings. The van der Waals surface area contributed by atoms with E-state index in [1.54, 1.807) is 41.0 Å². The van der Waals surface area contributed by atoms with E-state index in [4.69, 9.17) is 16.6 Å². The van der Waals surface area contributed by atoms with Crippen LogP contribution in [-0.2, 0) is 12.3 Å². The quantitative estimate of drug-likeness (QED) is 0.265. The number of nitrogens with one attached hydrogen (secondary N) is 1. The van der Waals surface area contributed by atoms with Gasteiger partial charge in [-0.2, -0.15) is 0 Å². The monoisotopic (exact) mass is 495 g/mol. The van der Waals surface area contributed by atoms with Crippen LogP contribution < -0.4 is 10.9 Å². The second-order valence-corrected chi connectivity index (χ2v) is 9.57. The van der Waals surface area contributed by atoms with E-state index in [0.717, 1.165) is 11.1 Å². The molecule has 0 atom stereocenters. The second-order valence-electron chi connectivity index (χ2n) is 8.19. The number of rotatable bonds is 7. The highest BCUT2D eigenvalue weighted by molar-refractivity contribution is 7.98. The van der Waals surface area contributed by atoms with Crippen LogP contribution in [0.2, 0.25) is 5.02 Å². The number of benzene rings is 3. The maximum absolute atomic E-state index is 13.6. The molecule has 174 valence electrons. The van der Waals surface area contributed by atoms with E-state index in [1.165, 1.54) is 23.9 Å². The smallest absolute Gasteiger partial charge is 0.262 e. The molecular weight excluding hydrogens is 473 g/mol. The van der Waals surface area contributed by atoms with Crippen molar-refractivity contribution >= 4 is 40.2 Å². The Hall–Kier alpha value is -3.16. The van der Waals surface area contributed by atoms with Crippen LogP contribution in [0.25, 0.3) is 10.9 Å². The van der Waals surface area contributed by atoms with Crippen molar-refractivity contribution in [3.63, 3.8) is 0 Å². The Labute approximate surface area is 206 Å². The summed E-state index contributed by atoms with van der Waals surface area (Å²) < 4.78 is 15.2. The molecule has 0 aliphatic heterocycles. The summed E-state index contributed by atoms with van der Waals surface area (Å²) in [6.07, 6.45) is 0. The number of halogens is 2. The normalized spacial score (nSPS) is 11.2. The van der Waals surface area contributed by atoms with Gasteiger partial charge in [-0.3, -0.25) is 14.2 Å². The molecule has 0 saturated heterocycles. The average Bonchev–Trinajstić information content (AvgIpc) is 2.80. The summed E-state index contributed by atoms with van der Waals surface area (Å²) in [6, 6.07) is 18.6. The SMILES string of the molecule is CC(C)NC(=O)c1ccc(Cn2c(SCc3cccc(F)c3)nc3ccc(Cl)cc3c2=O)cc1. The molecule has 0 aliphatic carbocycles. The topological polar surface area (TPSA) is 64.0 Å². The Morgan fingerprint density at radius 3 is 2.56 bits per heavy atom. The lowest BCUT2D eigenvalue weighted by Gasteiger charge is -2.14. The Balaban J connectivity index is 1.68. The molecule has 8 heteroatoms. The first kappa shape index (κ1) is 24.0. The molecule has 0 radical (unpaired) electrons. The standard InChI is InChI=1S/C26H23ClFN3O2S/c1-16(2)29-24(32)19-8-6-17(7-9-19)14-31-25(33)22-13-20(27)10-11-23(22)30-26(31)34-15-18-4-3-5-21(28)12-18/h3-13,16H,14-15H2,1-2H3,(H,29,32). The Morgan fingerprint density at radius 2 is 1.85 bits per heavy atom. The van der Waals surface area contributed by atoms with Crippen molar-refractivity contribution in [3.05, 3.63) is 105 Å². The molecule has 1 heterocycles. The zero-order valence-electron chi connectivity index (χ0n) is 18.7. The van der Waals surface area contributed by atoms with E-state index in [1.807, 2.05) is 32.0 Å². The van der Waals surface area contributed by atoms with Gasteiger partial charge in [0.25, 0.3) is 11.5 Å². The maximum Gasteiger partial charge on any atom is 0.262 e. The number of carbonyl (C=O) groups excluding carboxylic acids is 1. The van der Waals surface area contributed by atoms with Crippen molar-refractivity contribution in [2.24, 2.45) is 0 Å². The van der Waals surface area contributed by atoms with E-state index in [0.29, 0.717) is 32.4 Å². The fourth-order valence-corrected chi connectivity index (χ4v) is 4.60. The molecule has 0 unspecified atom stereocenters. The van der Waals surface area contributed by atoms with Gasteiger partial charge in [0.05, 0.1) is 17.4 Å². The number of fused-ring (bicyclic) bond motifs is 1. The number of aromatic nitrogens is 2. The first-order valence-electron chi connectivity index (χ1n) is 10.8. The molecule has 1 N–H and O–H groups in total. The Bertz CT molecular complexity index is 1400. The van der Waals surface area contributed by atoms with Crippen molar-refractivity contribution in [3.8, 4) is 0 Å². The molecule has 0 saturated carbocycles. The van der Waals surface area contributed by atoms with Crippen LogP contribution in [0.4, 0.5) is 4.39 Å². The van der Waals surface area contributed by atoms with Gasteiger partial charge in [-0.25, -0.2) is 9.37 Å². The summed E-state index contributed by atoms with van der Waals surface area (Å²) in [5, 5.41) is 4.26. The Kier molecular flexibility index (Phi) is 7.34. The highest BCUT2D eigenvalue weighted by Gasteiger charge is 2.14. The minimum Gasteiger partial charge on any atom is -0.350 e. The molecule has 5 nitrogen and oxygen atoms in total. The van der Waals surface area contributed by atoms with E-state index in [-0.39, 0.29) is 29.9 Å². The highest BCUT2D eigenvalue weighted by Crippen LogP contribution is 2.24. The van der Waals surface area contributed by atoms with Gasteiger partial charge in [-0.1, -0.05) is 47.6 Å². The van der Waals surface area contributed by atoms with Gasteiger partial charge in [0, 0.05) is 22.4 Å². The molecule has 0 spiro atoms.